The van der Waals surface area contributed by atoms with Crippen LogP contribution in [0.4, 0.5) is 5.82 Å². The van der Waals surface area contributed by atoms with Gasteiger partial charge in [0.2, 0.25) is 0 Å². The van der Waals surface area contributed by atoms with Crippen molar-refractivity contribution in [1.82, 2.24) is 4.98 Å². The molecule has 1 heterocycles. The van der Waals surface area contributed by atoms with Gasteiger partial charge < -0.3 is 10.0 Å². The predicted octanol–water partition coefficient (Wildman–Crippen LogP) is 3.25. The van der Waals surface area contributed by atoms with Crippen LogP contribution in [0.1, 0.15) is 46.3 Å². The molecule has 1 aromatic rings. The third-order valence-electron chi connectivity index (χ3n) is 2.75. The zero-order valence-electron chi connectivity index (χ0n) is 12.2. The SMILES string of the molecule is CC(C)CN(CC(C)C)c1ccc([C@@H](C)O)cn1. The van der Waals surface area contributed by atoms with Crippen LogP contribution in [0.5, 0.6) is 0 Å². The van der Waals surface area contributed by atoms with Gasteiger partial charge in [0.05, 0.1) is 6.10 Å². The molecule has 0 saturated heterocycles. The lowest BCUT2D eigenvalue weighted by atomic mass is 10.1. The lowest BCUT2D eigenvalue weighted by Gasteiger charge is -2.27. The largest absolute Gasteiger partial charge is 0.389 e. The molecule has 3 heteroatoms. The molecule has 0 saturated carbocycles. The van der Waals surface area contributed by atoms with Crippen LogP contribution < -0.4 is 4.90 Å². The first kappa shape index (κ1) is 15.0. The van der Waals surface area contributed by atoms with Crippen molar-refractivity contribution in [3.05, 3.63) is 23.9 Å². The van der Waals surface area contributed by atoms with Crippen molar-refractivity contribution in [3.63, 3.8) is 0 Å². The van der Waals surface area contributed by atoms with Crippen LogP contribution in [0.3, 0.4) is 0 Å². The normalized spacial score (nSPS) is 13.1. The number of rotatable bonds is 6. The zero-order valence-corrected chi connectivity index (χ0v) is 12.2. The Morgan fingerprint density at radius 3 is 1.94 bits per heavy atom. The number of hydrogen-bond donors (Lipinski definition) is 1. The Morgan fingerprint density at radius 2 is 1.61 bits per heavy atom. The van der Waals surface area contributed by atoms with Crippen LogP contribution >= 0.6 is 0 Å². The highest BCUT2D eigenvalue weighted by Crippen LogP contribution is 2.18. The minimum Gasteiger partial charge on any atom is -0.389 e. The second-order valence-electron chi connectivity index (χ2n) is 5.82. The molecule has 0 unspecified atom stereocenters. The number of aromatic nitrogens is 1. The molecule has 0 spiro atoms. The van der Waals surface area contributed by atoms with Gasteiger partial charge in [-0.2, -0.15) is 0 Å². The summed E-state index contributed by atoms with van der Waals surface area (Å²) < 4.78 is 0. The molecule has 3 nitrogen and oxygen atoms in total. The van der Waals surface area contributed by atoms with E-state index in [2.05, 4.69) is 37.6 Å². The van der Waals surface area contributed by atoms with Crippen molar-refractivity contribution in [2.45, 2.75) is 40.7 Å². The molecule has 0 aliphatic carbocycles. The lowest BCUT2D eigenvalue weighted by Crippen LogP contribution is -2.32. The summed E-state index contributed by atoms with van der Waals surface area (Å²) in [5.41, 5.74) is 0.868. The number of nitrogens with zero attached hydrogens (tertiary/aromatic N) is 2. The molecule has 1 atom stereocenters. The fourth-order valence-electron chi connectivity index (χ4n) is 1.97. The first-order chi connectivity index (χ1) is 8.40. The molecule has 0 aromatic carbocycles. The summed E-state index contributed by atoms with van der Waals surface area (Å²) in [5.74, 6) is 2.23. The predicted molar refractivity (Wildman–Crippen MR) is 76.8 cm³/mol. The fraction of sp³-hybridized carbons (Fsp3) is 0.667. The van der Waals surface area contributed by atoms with Crippen LogP contribution in [-0.2, 0) is 0 Å². The van der Waals surface area contributed by atoms with E-state index in [0.717, 1.165) is 24.5 Å². The fourth-order valence-corrected chi connectivity index (χ4v) is 1.97. The highest BCUT2D eigenvalue weighted by molar-refractivity contribution is 5.39. The van der Waals surface area contributed by atoms with E-state index in [1.807, 2.05) is 12.1 Å². The third-order valence-corrected chi connectivity index (χ3v) is 2.75. The maximum atomic E-state index is 9.49. The van der Waals surface area contributed by atoms with Crippen LogP contribution in [0.25, 0.3) is 0 Å². The molecular weight excluding hydrogens is 224 g/mol. The Labute approximate surface area is 111 Å². The van der Waals surface area contributed by atoms with E-state index in [-0.39, 0.29) is 0 Å². The molecular formula is C15H26N2O. The van der Waals surface area contributed by atoms with Crippen LogP contribution in [0.2, 0.25) is 0 Å². The summed E-state index contributed by atoms with van der Waals surface area (Å²) in [6.45, 7) is 12.7. The molecule has 0 aliphatic rings. The number of pyridine rings is 1. The summed E-state index contributed by atoms with van der Waals surface area (Å²) in [6, 6.07) is 3.97. The van der Waals surface area contributed by atoms with E-state index in [1.165, 1.54) is 0 Å². The van der Waals surface area contributed by atoms with Crippen LogP contribution in [-0.4, -0.2) is 23.2 Å². The van der Waals surface area contributed by atoms with E-state index in [9.17, 15) is 5.11 Å². The van der Waals surface area contributed by atoms with E-state index in [4.69, 9.17) is 0 Å². The van der Waals surface area contributed by atoms with Gasteiger partial charge in [0.1, 0.15) is 5.82 Å². The van der Waals surface area contributed by atoms with Gasteiger partial charge in [-0.05, 0) is 30.4 Å². The molecule has 0 bridgehead atoms. The number of hydrogen-bond acceptors (Lipinski definition) is 3. The quantitative estimate of drug-likeness (QED) is 0.842. The minimum atomic E-state index is -0.449. The zero-order chi connectivity index (χ0) is 13.7. The summed E-state index contributed by atoms with van der Waals surface area (Å²) in [6.07, 6.45) is 1.32. The standard InChI is InChI=1S/C15H26N2O/c1-11(2)9-17(10-12(3)4)15-7-6-14(8-16-15)13(5)18/h6-8,11-13,18H,9-10H2,1-5H3/t13-/m1/s1. The highest BCUT2D eigenvalue weighted by Gasteiger charge is 2.12. The molecule has 0 radical (unpaired) electrons. The van der Waals surface area contributed by atoms with Gasteiger partial charge in [-0.1, -0.05) is 33.8 Å². The van der Waals surface area contributed by atoms with Crippen LogP contribution in [0.15, 0.2) is 18.3 Å². The Kier molecular flexibility index (Phi) is 5.60. The third kappa shape index (κ3) is 4.65. The highest BCUT2D eigenvalue weighted by atomic mass is 16.3. The first-order valence-corrected chi connectivity index (χ1v) is 6.79. The van der Waals surface area contributed by atoms with Crippen molar-refractivity contribution in [2.75, 3.05) is 18.0 Å². The average Bonchev–Trinajstić information content (AvgIpc) is 2.27. The molecule has 1 rings (SSSR count). The van der Waals surface area contributed by atoms with Gasteiger partial charge >= 0.3 is 0 Å². The summed E-state index contributed by atoms with van der Waals surface area (Å²) in [7, 11) is 0. The lowest BCUT2D eigenvalue weighted by molar-refractivity contribution is 0.199. The summed E-state index contributed by atoms with van der Waals surface area (Å²) in [5, 5.41) is 9.49. The van der Waals surface area contributed by atoms with E-state index < -0.39 is 6.10 Å². The molecule has 1 aromatic heterocycles. The summed E-state index contributed by atoms with van der Waals surface area (Å²) >= 11 is 0. The first-order valence-electron chi connectivity index (χ1n) is 6.79. The van der Waals surface area contributed by atoms with Crippen LogP contribution in [0, 0.1) is 11.8 Å². The number of anilines is 1. The van der Waals surface area contributed by atoms with E-state index in [0.29, 0.717) is 11.8 Å². The Bertz CT molecular complexity index is 334. The summed E-state index contributed by atoms with van der Waals surface area (Å²) in [4.78, 5) is 6.79. The maximum Gasteiger partial charge on any atom is 0.128 e. The van der Waals surface area contributed by atoms with E-state index in [1.54, 1.807) is 13.1 Å². The van der Waals surface area contributed by atoms with Crippen molar-refractivity contribution in [3.8, 4) is 0 Å². The van der Waals surface area contributed by atoms with Crippen molar-refractivity contribution < 1.29 is 5.11 Å². The minimum absolute atomic E-state index is 0.449. The molecule has 0 amide bonds. The van der Waals surface area contributed by atoms with Gasteiger partial charge in [0.15, 0.2) is 0 Å². The second kappa shape index (κ2) is 6.74. The molecule has 0 fully saturated rings. The monoisotopic (exact) mass is 250 g/mol. The topological polar surface area (TPSA) is 36.4 Å². The molecule has 0 aliphatic heterocycles. The molecule has 18 heavy (non-hydrogen) atoms. The van der Waals surface area contributed by atoms with Gasteiger partial charge in [0, 0.05) is 19.3 Å². The molecule has 1 N–H and O–H groups in total. The van der Waals surface area contributed by atoms with Gasteiger partial charge in [-0.15, -0.1) is 0 Å². The Balaban J connectivity index is 2.83. The van der Waals surface area contributed by atoms with E-state index >= 15 is 0 Å². The van der Waals surface area contributed by atoms with Crippen molar-refractivity contribution in [1.29, 1.82) is 0 Å². The van der Waals surface area contributed by atoms with Gasteiger partial charge in [-0.25, -0.2) is 4.98 Å². The van der Waals surface area contributed by atoms with Gasteiger partial charge in [0.25, 0.3) is 0 Å². The number of aliphatic hydroxyl groups is 1. The van der Waals surface area contributed by atoms with Gasteiger partial charge in [-0.3, -0.25) is 0 Å². The maximum absolute atomic E-state index is 9.49. The Hall–Kier alpha value is -1.09. The van der Waals surface area contributed by atoms with Crippen molar-refractivity contribution in [2.24, 2.45) is 11.8 Å². The second-order valence-corrected chi connectivity index (χ2v) is 5.82. The smallest absolute Gasteiger partial charge is 0.128 e. The van der Waals surface area contributed by atoms with Crippen molar-refractivity contribution >= 4 is 5.82 Å². The Morgan fingerprint density at radius 1 is 1.06 bits per heavy atom. The number of aliphatic hydroxyl groups excluding tert-OH is 1. The average molecular weight is 250 g/mol. The molecule has 102 valence electrons.